The van der Waals surface area contributed by atoms with Crippen molar-refractivity contribution >= 4 is 16.1 Å². The number of sulfonamides is 1. The molecule has 0 aromatic heterocycles. The first kappa shape index (κ1) is 22.5. The van der Waals surface area contributed by atoms with Crippen LogP contribution in [0.3, 0.4) is 0 Å². The monoisotopic (exact) mass is 452 g/mol. The standard InChI is InChI=1S/C21H32N4O5S/c26-21(22-16-20(18-6-13-30-17-18)23-11-14-29-15-12-23)24-7-9-25(10-8-24)31(27,28)19-4-2-1-3-5-19/h1-5,18,20H,6-17H2,(H,22,26)/t18-,20-/m0/s1. The maximum atomic E-state index is 12.8. The number of carbonyl (C=O) groups excluding carboxylic acids is 1. The van der Waals surface area contributed by atoms with Gasteiger partial charge in [0.15, 0.2) is 0 Å². The molecule has 3 aliphatic heterocycles. The van der Waals surface area contributed by atoms with Gasteiger partial charge in [-0.2, -0.15) is 4.31 Å². The average Bonchev–Trinajstić information content (AvgIpc) is 3.35. The van der Waals surface area contributed by atoms with Gasteiger partial charge in [0.25, 0.3) is 0 Å². The molecule has 9 nitrogen and oxygen atoms in total. The number of ether oxygens (including phenoxy) is 2. The van der Waals surface area contributed by atoms with Crippen LogP contribution in [0.2, 0.25) is 0 Å². The van der Waals surface area contributed by atoms with Crippen molar-refractivity contribution in [2.24, 2.45) is 5.92 Å². The molecule has 3 aliphatic rings. The van der Waals surface area contributed by atoms with Gasteiger partial charge in [-0.25, -0.2) is 13.2 Å². The molecule has 0 aliphatic carbocycles. The van der Waals surface area contributed by atoms with Crippen LogP contribution in [0, 0.1) is 5.92 Å². The summed E-state index contributed by atoms with van der Waals surface area (Å²) in [5.74, 6) is 0.409. The molecule has 3 heterocycles. The number of rotatable bonds is 6. The Morgan fingerprint density at radius 1 is 1.00 bits per heavy atom. The summed E-state index contributed by atoms with van der Waals surface area (Å²) in [5, 5.41) is 3.09. The molecular formula is C21H32N4O5S. The van der Waals surface area contributed by atoms with E-state index in [1.54, 1.807) is 35.2 Å². The fraction of sp³-hybridized carbons (Fsp3) is 0.667. The minimum atomic E-state index is -3.52. The zero-order valence-corrected chi connectivity index (χ0v) is 18.6. The van der Waals surface area contributed by atoms with Gasteiger partial charge in [0.1, 0.15) is 0 Å². The molecule has 2 amide bonds. The molecule has 10 heteroatoms. The minimum absolute atomic E-state index is 0.131. The lowest BCUT2D eigenvalue weighted by Gasteiger charge is -2.38. The van der Waals surface area contributed by atoms with Gasteiger partial charge in [0, 0.05) is 64.4 Å². The molecule has 0 bridgehead atoms. The first-order chi connectivity index (χ1) is 15.1. The van der Waals surface area contributed by atoms with Gasteiger partial charge < -0.3 is 19.7 Å². The number of hydrogen-bond donors (Lipinski definition) is 1. The number of amides is 2. The van der Waals surface area contributed by atoms with Gasteiger partial charge in [0.2, 0.25) is 10.0 Å². The van der Waals surface area contributed by atoms with Gasteiger partial charge in [-0.3, -0.25) is 4.90 Å². The van der Waals surface area contributed by atoms with Crippen molar-refractivity contribution in [3.05, 3.63) is 30.3 Å². The summed E-state index contributed by atoms with van der Waals surface area (Å²) in [6.07, 6.45) is 1.01. The Morgan fingerprint density at radius 2 is 1.71 bits per heavy atom. The highest BCUT2D eigenvalue weighted by atomic mass is 32.2. The summed E-state index contributed by atoms with van der Waals surface area (Å²) in [7, 11) is -3.52. The molecule has 3 saturated heterocycles. The van der Waals surface area contributed by atoms with Crippen molar-refractivity contribution in [2.75, 3.05) is 72.2 Å². The number of hydrogen-bond acceptors (Lipinski definition) is 6. The second-order valence-corrected chi connectivity index (χ2v) is 10.2. The lowest BCUT2D eigenvalue weighted by Crippen LogP contribution is -2.56. The summed E-state index contributed by atoms with van der Waals surface area (Å²) in [4.78, 5) is 17.2. The number of urea groups is 1. The fourth-order valence-corrected chi connectivity index (χ4v) is 5.98. The molecule has 0 unspecified atom stereocenters. The molecule has 3 fully saturated rings. The van der Waals surface area contributed by atoms with Crippen LogP contribution in [0.4, 0.5) is 4.79 Å². The Labute approximate surface area is 184 Å². The van der Waals surface area contributed by atoms with E-state index in [-0.39, 0.29) is 12.1 Å². The molecule has 1 aromatic rings. The Morgan fingerprint density at radius 3 is 2.35 bits per heavy atom. The number of morpholine rings is 1. The third kappa shape index (κ3) is 5.38. The number of piperazine rings is 1. The predicted octanol–water partition coefficient (Wildman–Crippen LogP) is 0.440. The number of benzene rings is 1. The van der Waals surface area contributed by atoms with Crippen molar-refractivity contribution in [1.29, 1.82) is 0 Å². The van der Waals surface area contributed by atoms with Crippen molar-refractivity contribution in [3.63, 3.8) is 0 Å². The molecule has 2 atom stereocenters. The van der Waals surface area contributed by atoms with E-state index in [1.165, 1.54) is 4.31 Å². The molecule has 0 saturated carbocycles. The van der Waals surface area contributed by atoms with Crippen LogP contribution in [0.5, 0.6) is 0 Å². The lowest BCUT2D eigenvalue weighted by atomic mass is 9.97. The van der Waals surface area contributed by atoms with Gasteiger partial charge in [-0.1, -0.05) is 18.2 Å². The number of carbonyl (C=O) groups is 1. The third-order valence-electron chi connectivity index (χ3n) is 6.39. The van der Waals surface area contributed by atoms with Crippen LogP contribution in [0.15, 0.2) is 35.2 Å². The second-order valence-electron chi connectivity index (χ2n) is 8.23. The van der Waals surface area contributed by atoms with E-state index in [1.807, 2.05) is 0 Å². The molecule has 1 N–H and O–H groups in total. The number of nitrogens with one attached hydrogen (secondary N) is 1. The van der Waals surface area contributed by atoms with E-state index < -0.39 is 10.0 Å². The first-order valence-electron chi connectivity index (χ1n) is 11.0. The highest BCUT2D eigenvalue weighted by Crippen LogP contribution is 2.22. The van der Waals surface area contributed by atoms with Crippen LogP contribution < -0.4 is 5.32 Å². The van der Waals surface area contributed by atoms with Gasteiger partial charge in [0.05, 0.1) is 24.7 Å². The van der Waals surface area contributed by atoms with Gasteiger partial charge in [-0.15, -0.1) is 0 Å². The smallest absolute Gasteiger partial charge is 0.317 e. The minimum Gasteiger partial charge on any atom is -0.381 e. The maximum absolute atomic E-state index is 12.8. The molecule has 0 radical (unpaired) electrons. The Hall–Kier alpha value is -1.72. The van der Waals surface area contributed by atoms with E-state index in [0.717, 1.165) is 45.9 Å². The first-order valence-corrected chi connectivity index (χ1v) is 12.5. The van der Waals surface area contributed by atoms with Crippen molar-refractivity contribution in [3.8, 4) is 0 Å². The van der Waals surface area contributed by atoms with Crippen molar-refractivity contribution in [1.82, 2.24) is 19.4 Å². The van der Waals surface area contributed by atoms with Crippen LogP contribution in [-0.2, 0) is 19.5 Å². The summed E-state index contributed by atoms with van der Waals surface area (Å²) < 4.78 is 38.1. The number of nitrogens with zero attached hydrogens (tertiary/aromatic N) is 3. The van der Waals surface area contributed by atoms with E-state index in [2.05, 4.69) is 10.2 Å². The topological polar surface area (TPSA) is 91.4 Å². The van der Waals surface area contributed by atoms with Crippen LogP contribution in [0.25, 0.3) is 0 Å². The largest absolute Gasteiger partial charge is 0.381 e. The van der Waals surface area contributed by atoms with E-state index in [4.69, 9.17) is 9.47 Å². The van der Waals surface area contributed by atoms with E-state index >= 15 is 0 Å². The highest BCUT2D eigenvalue weighted by molar-refractivity contribution is 7.89. The molecule has 172 valence electrons. The SMILES string of the molecule is O=C(NC[C@@H]([C@H]1CCOC1)N1CCOCC1)N1CCN(S(=O)(=O)c2ccccc2)CC1. The van der Waals surface area contributed by atoms with E-state index in [0.29, 0.717) is 43.5 Å². The molecular weight excluding hydrogens is 420 g/mol. The molecule has 31 heavy (non-hydrogen) atoms. The summed E-state index contributed by atoms with van der Waals surface area (Å²) in [6, 6.07) is 8.54. The molecule has 4 rings (SSSR count). The van der Waals surface area contributed by atoms with Crippen LogP contribution in [-0.4, -0.2) is 107 Å². The van der Waals surface area contributed by atoms with Crippen molar-refractivity contribution < 1.29 is 22.7 Å². The van der Waals surface area contributed by atoms with E-state index in [9.17, 15) is 13.2 Å². The van der Waals surface area contributed by atoms with Crippen LogP contribution >= 0.6 is 0 Å². The normalized spacial score (nSPS) is 24.8. The molecule has 0 spiro atoms. The van der Waals surface area contributed by atoms with Crippen LogP contribution in [0.1, 0.15) is 6.42 Å². The Bertz CT molecular complexity index is 817. The lowest BCUT2D eigenvalue weighted by molar-refractivity contribution is 0.00180. The van der Waals surface area contributed by atoms with Crippen molar-refractivity contribution in [2.45, 2.75) is 17.4 Å². The van der Waals surface area contributed by atoms with Gasteiger partial charge in [-0.05, 0) is 18.6 Å². The summed E-state index contributed by atoms with van der Waals surface area (Å²) >= 11 is 0. The zero-order chi connectivity index (χ0) is 21.7. The highest BCUT2D eigenvalue weighted by Gasteiger charge is 2.33. The fourth-order valence-electron chi connectivity index (χ4n) is 4.54. The summed E-state index contributed by atoms with van der Waals surface area (Å²) in [6.45, 7) is 6.60. The third-order valence-corrected chi connectivity index (χ3v) is 8.31. The van der Waals surface area contributed by atoms with Gasteiger partial charge >= 0.3 is 6.03 Å². The molecule has 1 aromatic carbocycles. The maximum Gasteiger partial charge on any atom is 0.317 e. The Balaban J connectivity index is 1.30. The zero-order valence-electron chi connectivity index (χ0n) is 17.8. The Kier molecular flexibility index (Phi) is 7.44. The second kappa shape index (κ2) is 10.3. The average molecular weight is 453 g/mol. The summed E-state index contributed by atoms with van der Waals surface area (Å²) in [5.41, 5.74) is 0. The predicted molar refractivity (Wildman–Crippen MR) is 115 cm³/mol. The quantitative estimate of drug-likeness (QED) is 0.674.